The molecule has 1 aliphatic rings. The van der Waals surface area contributed by atoms with Crippen LogP contribution in [0, 0.1) is 0 Å². The van der Waals surface area contributed by atoms with Gasteiger partial charge in [-0.15, -0.1) is 0 Å². The molecule has 0 saturated carbocycles. The highest BCUT2D eigenvalue weighted by Gasteiger charge is 2.19. The zero-order valence-electron chi connectivity index (χ0n) is 11.7. The predicted octanol–water partition coefficient (Wildman–Crippen LogP) is 2.10. The van der Waals surface area contributed by atoms with Gasteiger partial charge < -0.3 is 10.7 Å². The summed E-state index contributed by atoms with van der Waals surface area (Å²) in [4.78, 5) is 14.2. The maximum absolute atomic E-state index is 5.65. The van der Waals surface area contributed by atoms with E-state index in [2.05, 4.69) is 50.3 Å². The Labute approximate surface area is 122 Å². The molecule has 21 heavy (non-hydrogen) atoms. The minimum absolute atomic E-state index is 0.374. The Morgan fingerprint density at radius 2 is 2.19 bits per heavy atom. The van der Waals surface area contributed by atoms with Gasteiger partial charge in [-0.1, -0.05) is 18.2 Å². The van der Waals surface area contributed by atoms with Gasteiger partial charge >= 0.3 is 0 Å². The van der Waals surface area contributed by atoms with Gasteiger partial charge in [-0.2, -0.15) is 0 Å². The lowest BCUT2D eigenvalue weighted by atomic mass is 10.1. The van der Waals surface area contributed by atoms with Crippen LogP contribution in [0.5, 0.6) is 0 Å². The highest BCUT2D eigenvalue weighted by molar-refractivity contribution is 5.82. The van der Waals surface area contributed by atoms with Crippen LogP contribution in [-0.4, -0.2) is 26.4 Å². The van der Waals surface area contributed by atoms with Crippen LogP contribution in [0.25, 0.3) is 10.9 Å². The van der Waals surface area contributed by atoms with Crippen molar-refractivity contribution >= 4 is 16.9 Å². The second-order valence-corrected chi connectivity index (χ2v) is 5.52. The maximum Gasteiger partial charge on any atom is 0.220 e. The quantitative estimate of drug-likeness (QED) is 0.753. The number of para-hydroxylation sites is 1. The molecule has 3 heterocycles. The number of hydrogen-bond donors (Lipinski definition) is 2. The molecule has 0 atom stereocenters. The number of aromatic nitrogens is 3. The summed E-state index contributed by atoms with van der Waals surface area (Å²) in [6.45, 7) is 2.83. The molecule has 1 aromatic carbocycles. The van der Waals surface area contributed by atoms with Gasteiger partial charge in [0.05, 0.1) is 5.69 Å². The van der Waals surface area contributed by atoms with Crippen LogP contribution in [0.2, 0.25) is 0 Å². The van der Waals surface area contributed by atoms with Crippen molar-refractivity contribution in [3.63, 3.8) is 0 Å². The second-order valence-electron chi connectivity index (χ2n) is 5.52. The van der Waals surface area contributed by atoms with E-state index in [9.17, 15) is 0 Å². The van der Waals surface area contributed by atoms with Gasteiger partial charge in [-0.3, -0.25) is 4.90 Å². The summed E-state index contributed by atoms with van der Waals surface area (Å²) in [7, 11) is 0. The SMILES string of the molecule is Nc1ncc2c(n1)CCN(Cc1c[nH]c3ccccc13)C2. The molecule has 0 aliphatic carbocycles. The molecule has 106 valence electrons. The number of hydrogen-bond acceptors (Lipinski definition) is 4. The summed E-state index contributed by atoms with van der Waals surface area (Å²) in [5.74, 6) is 0.374. The highest BCUT2D eigenvalue weighted by atomic mass is 15.1. The minimum atomic E-state index is 0.374. The standard InChI is InChI=1S/C16H17N5/c17-16-19-8-12-10-21(6-5-14(12)20-16)9-11-7-18-15-4-2-1-3-13(11)15/h1-4,7-8,18H,5-6,9-10H2,(H2,17,19,20). The van der Waals surface area contributed by atoms with E-state index in [1.807, 2.05) is 6.20 Å². The first kappa shape index (κ1) is 12.3. The number of benzene rings is 1. The van der Waals surface area contributed by atoms with Crippen LogP contribution in [0.1, 0.15) is 16.8 Å². The predicted molar refractivity (Wildman–Crippen MR) is 82.6 cm³/mol. The summed E-state index contributed by atoms with van der Waals surface area (Å²) in [6, 6.07) is 8.42. The summed E-state index contributed by atoms with van der Waals surface area (Å²) < 4.78 is 0. The Morgan fingerprint density at radius 1 is 1.29 bits per heavy atom. The Kier molecular flexibility index (Phi) is 2.86. The molecular formula is C16H17N5. The zero-order chi connectivity index (χ0) is 14.2. The van der Waals surface area contributed by atoms with E-state index in [4.69, 9.17) is 5.73 Å². The van der Waals surface area contributed by atoms with E-state index in [1.165, 1.54) is 22.0 Å². The maximum atomic E-state index is 5.65. The number of H-pyrrole nitrogens is 1. The minimum Gasteiger partial charge on any atom is -0.368 e. The largest absolute Gasteiger partial charge is 0.368 e. The van der Waals surface area contributed by atoms with Crippen LogP contribution in [-0.2, 0) is 19.5 Å². The summed E-state index contributed by atoms with van der Waals surface area (Å²) in [6.07, 6.45) is 4.91. The van der Waals surface area contributed by atoms with Crippen LogP contribution < -0.4 is 5.73 Å². The molecule has 0 unspecified atom stereocenters. The molecule has 1 aliphatic heterocycles. The van der Waals surface area contributed by atoms with Crippen molar-refractivity contribution in [3.05, 3.63) is 53.5 Å². The third-order valence-electron chi connectivity index (χ3n) is 4.10. The molecule has 5 nitrogen and oxygen atoms in total. The van der Waals surface area contributed by atoms with Crippen molar-refractivity contribution in [3.8, 4) is 0 Å². The Morgan fingerprint density at radius 3 is 3.14 bits per heavy atom. The summed E-state index contributed by atoms with van der Waals surface area (Å²) >= 11 is 0. The lowest BCUT2D eigenvalue weighted by molar-refractivity contribution is 0.244. The second kappa shape index (κ2) is 4.86. The number of nitrogens with zero attached hydrogens (tertiary/aromatic N) is 3. The fourth-order valence-electron chi connectivity index (χ4n) is 3.03. The van der Waals surface area contributed by atoms with Crippen molar-refractivity contribution in [2.24, 2.45) is 0 Å². The zero-order valence-corrected chi connectivity index (χ0v) is 11.7. The molecule has 0 bridgehead atoms. The third kappa shape index (κ3) is 2.25. The Hall–Kier alpha value is -2.40. The van der Waals surface area contributed by atoms with Crippen molar-refractivity contribution in [1.29, 1.82) is 0 Å². The molecule has 0 saturated heterocycles. The first-order valence-electron chi connectivity index (χ1n) is 7.17. The van der Waals surface area contributed by atoms with Crippen LogP contribution in [0.15, 0.2) is 36.7 Å². The normalized spacial score (nSPS) is 15.2. The van der Waals surface area contributed by atoms with Crippen molar-refractivity contribution in [2.45, 2.75) is 19.5 Å². The van der Waals surface area contributed by atoms with Gasteiger partial charge in [0.2, 0.25) is 5.95 Å². The summed E-state index contributed by atoms with van der Waals surface area (Å²) in [5.41, 5.74) is 10.5. The first-order valence-corrected chi connectivity index (χ1v) is 7.17. The van der Waals surface area contributed by atoms with Crippen LogP contribution >= 0.6 is 0 Å². The third-order valence-corrected chi connectivity index (χ3v) is 4.10. The molecule has 0 spiro atoms. The number of aromatic amines is 1. The van der Waals surface area contributed by atoms with E-state index in [1.54, 1.807) is 0 Å². The molecule has 0 amide bonds. The lowest BCUT2D eigenvalue weighted by Gasteiger charge is -2.27. The van der Waals surface area contributed by atoms with Crippen molar-refractivity contribution < 1.29 is 0 Å². The topological polar surface area (TPSA) is 70.8 Å². The van der Waals surface area contributed by atoms with E-state index >= 15 is 0 Å². The molecule has 5 heteroatoms. The smallest absolute Gasteiger partial charge is 0.220 e. The molecule has 4 rings (SSSR count). The molecule has 2 aromatic heterocycles. The van der Waals surface area contributed by atoms with Crippen molar-refractivity contribution in [1.82, 2.24) is 19.9 Å². The van der Waals surface area contributed by atoms with Gasteiger partial charge in [0.15, 0.2) is 0 Å². The highest BCUT2D eigenvalue weighted by Crippen LogP contribution is 2.23. The number of nitrogens with two attached hydrogens (primary N) is 1. The van der Waals surface area contributed by atoms with E-state index in [0.29, 0.717) is 5.95 Å². The number of fused-ring (bicyclic) bond motifs is 2. The summed E-state index contributed by atoms with van der Waals surface area (Å²) in [5, 5.41) is 1.30. The fraction of sp³-hybridized carbons (Fsp3) is 0.250. The van der Waals surface area contributed by atoms with Gasteiger partial charge in [-0.25, -0.2) is 9.97 Å². The lowest BCUT2D eigenvalue weighted by Crippen LogP contribution is -2.31. The average molecular weight is 279 g/mol. The van der Waals surface area contributed by atoms with E-state index in [-0.39, 0.29) is 0 Å². The van der Waals surface area contributed by atoms with E-state index in [0.717, 1.165) is 31.7 Å². The molecule has 3 aromatic rings. The number of anilines is 1. The molecule has 0 fully saturated rings. The van der Waals surface area contributed by atoms with Crippen LogP contribution in [0.3, 0.4) is 0 Å². The van der Waals surface area contributed by atoms with E-state index < -0.39 is 0 Å². The first-order chi connectivity index (χ1) is 10.3. The molecule has 3 N–H and O–H groups in total. The fourth-order valence-corrected chi connectivity index (χ4v) is 3.03. The van der Waals surface area contributed by atoms with Gasteiger partial charge in [-0.05, 0) is 11.6 Å². The van der Waals surface area contributed by atoms with Crippen LogP contribution in [0.4, 0.5) is 5.95 Å². The van der Waals surface area contributed by atoms with Gasteiger partial charge in [0.1, 0.15) is 0 Å². The molecular weight excluding hydrogens is 262 g/mol. The number of nitrogen functional groups attached to an aromatic ring is 1. The number of nitrogens with one attached hydrogen (secondary N) is 1. The Balaban J connectivity index is 1.57. The average Bonchev–Trinajstić information content (AvgIpc) is 2.91. The van der Waals surface area contributed by atoms with Gasteiger partial charge in [0.25, 0.3) is 0 Å². The van der Waals surface area contributed by atoms with Crippen molar-refractivity contribution in [2.75, 3.05) is 12.3 Å². The number of rotatable bonds is 2. The monoisotopic (exact) mass is 279 g/mol. The Bertz CT molecular complexity index is 792. The van der Waals surface area contributed by atoms with Gasteiger partial charge in [0, 0.05) is 54.9 Å². The molecule has 0 radical (unpaired) electrons.